The number of aryl methyl sites for hydroxylation is 2. The van der Waals surface area contributed by atoms with Gasteiger partial charge in [0, 0.05) is 23.5 Å². The highest BCUT2D eigenvalue weighted by molar-refractivity contribution is 5.68. The molecule has 1 fully saturated rings. The predicted octanol–water partition coefficient (Wildman–Crippen LogP) is 5.63. The highest BCUT2D eigenvalue weighted by Gasteiger charge is 2.34. The minimum Gasteiger partial charge on any atom is -0.482 e. The number of fused-ring (bicyclic) bond motifs is 1. The number of nitrogens with zero attached hydrogens (tertiary/aromatic N) is 2. The number of benzene rings is 2. The van der Waals surface area contributed by atoms with Gasteiger partial charge in [0.25, 0.3) is 0 Å². The molecule has 5 rings (SSSR count). The monoisotopic (exact) mass is 432 g/mol. The number of aliphatic carboxylic acids is 1. The van der Waals surface area contributed by atoms with Gasteiger partial charge in [-0.05, 0) is 73.8 Å². The Morgan fingerprint density at radius 1 is 1.16 bits per heavy atom. The van der Waals surface area contributed by atoms with Crippen LogP contribution >= 0.6 is 0 Å². The first-order valence-corrected chi connectivity index (χ1v) is 11.1. The SMILES string of the molecule is Cc1ccc(F)c(-c2cnc(C3CCc4ccc([C@@H](CC(=O)O)C5CC5)cc4O3)nc2)c1. The van der Waals surface area contributed by atoms with Gasteiger partial charge in [-0.15, -0.1) is 0 Å². The molecule has 0 amide bonds. The summed E-state index contributed by atoms with van der Waals surface area (Å²) in [7, 11) is 0. The van der Waals surface area contributed by atoms with Crippen molar-refractivity contribution in [3.63, 3.8) is 0 Å². The fourth-order valence-corrected chi connectivity index (χ4v) is 4.55. The van der Waals surface area contributed by atoms with E-state index < -0.39 is 5.97 Å². The van der Waals surface area contributed by atoms with Crippen LogP contribution in [-0.4, -0.2) is 21.0 Å². The van der Waals surface area contributed by atoms with Crippen molar-refractivity contribution in [3.05, 3.63) is 77.1 Å². The number of rotatable bonds is 6. The topological polar surface area (TPSA) is 72.3 Å². The molecule has 0 bridgehead atoms. The lowest BCUT2D eigenvalue weighted by atomic mass is 9.89. The number of ether oxygens (including phenoxy) is 1. The zero-order valence-electron chi connectivity index (χ0n) is 17.9. The van der Waals surface area contributed by atoms with E-state index in [-0.39, 0.29) is 24.3 Å². The number of halogens is 1. The van der Waals surface area contributed by atoms with E-state index in [1.807, 2.05) is 13.0 Å². The summed E-state index contributed by atoms with van der Waals surface area (Å²) in [6, 6.07) is 11.1. The van der Waals surface area contributed by atoms with Gasteiger partial charge in [-0.3, -0.25) is 4.79 Å². The molecule has 1 N–H and O–H groups in total. The number of hydrogen-bond donors (Lipinski definition) is 1. The maximum atomic E-state index is 14.2. The third-order valence-corrected chi connectivity index (χ3v) is 6.44. The van der Waals surface area contributed by atoms with Gasteiger partial charge in [0.05, 0.1) is 6.42 Å². The number of hydrogen-bond acceptors (Lipinski definition) is 4. The van der Waals surface area contributed by atoms with Gasteiger partial charge in [0.15, 0.2) is 11.9 Å². The van der Waals surface area contributed by atoms with E-state index in [0.717, 1.165) is 48.1 Å². The average Bonchev–Trinajstić information content (AvgIpc) is 3.64. The molecule has 1 unspecified atom stereocenters. The second-order valence-corrected chi connectivity index (χ2v) is 8.87. The smallest absolute Gasteiger partial charge is 0.303 e. The summed E-state index contributed by atoms with van der Waals surface area (Å²) in [4.78, 5) is 20.3. The highest BCUT2D eigenvalue weighted by Crippen LogP contribution is 2.46. The normalized spacial score (nSPS) is 18.5. The first-order chi connectivity index (χ1) is 15.5. The standard InChI is InChI=1S/C26H25FN2O3/c1-15-2-8-22(27)21(10-15)19-13-28-26(29-14-19)23-9-7-17-5-6-18(11-24(17)32-23)20(12-25(30)31)16-3-4-16/h2,5-6,8,10-11,13-14,16,20,23H,3-4,7,9,12H2,1H3,(H,30,31)/t20-,23?/m0/s1. The van der Waals surface area contributed by atoms with Crippen molar-refractivity contribution in [1.29, 1.82) is 0 Å². The molecule has 164 valence electrons. The average molecular weight is 432 g/mol. The summed E-state index contributed by atoms with van der Waals surface area (Å²) in [6.07, 6.45) is 6.91. The van der Waals surface area contributed by atoms with Crippen LogP contribution in [0.4, 0.5) is 4.39 Å². The van der Waals surface area contributed by atoms with E-state index in [2.05, 4.69) is 22.1 Å². The maximum absolute atomic E-state index is 14.2. The molecule has 0 spiro atoms. The Bertz CT molecular complexity index is 1160. The van der Waals surface area contributed by atoms with Crippen molar-refractivity contribution >= 4 is 5.97 Å². The Hall–Kier alpha value is -3.28. The van der Waals surface area contributed by atoms with Crippen molar-refractivity contribution in [2.45, 2.75) is 51.0 Å². The third-order valence-electron chi connectivity index (χ3n) is 6.44. The van der Waals surface area contributed by atoms with Crippen LogP contribution in [0.3, 0.4) is 0 Å². The molecule has 6 heteroatoms. The Morgan fingerprint density at radius 2 is 1.94 bits per heavy atom. The van der Waals surface area contributed by atoms with E-state index in [0.29, 0.717) is 22.9 Å². The van der Waals surface area contributed by atoms with Gasteiger partial charge >= 0.3 is 5.97 Å². The molecule has 5 nitrogen and oxygen atoms in total. The minimum absolute atomic E-state index is 0.0292. The Labute approximate surface area is 186 Å². The molecule has 0 radical (unpaired) electrons. The summed E-state index contributed by atoms with van der Waals surface area (Å²) in [6.45, 7) is 1.92. The number of carbonyl (C=O) groups is 1. The van der Waals surface area contributed by atoms with Gasteiger partial charge in [-0.2, -0.15) is 0 Å². The summed E-state index contributed by atoms with van der Waals surface area (Å²) < 4.78 is 20.5. The zero-order chi connectivity index (χ0) is 22.2. The summed E-state index contributed by atoms with van der Waals surface area (Å²) in [5.41, 5.74) is 4.24. The first-order valence-electron chi connectivity index (χ1n) is 11.1. The highest BCUT2D eigenvalue weighted by atomic mass is 19.1. The van der Waals surface area contributed by atoms with Crippen molar-refractivity contribution < 1.29 is 19.0 Å². The second-order valence-electron chi connectivity index (χ2n) is 8.87. The second kappa shape index (κ2) is 8.34. The summed E-state index contributed by atoms with van der Waals surface area (Å²) in [5.74, 6) is 0.767. The molecule has 2 aromatic carbocycles. The van der Waals surface area contributed by atoms with Crippen LogP contribution in [0.5, 0.6) is 5.75 Å². The van der Waals surface area contributed by atoms with Crippen LogP contribution in [0.15, 0.2) is 48.8 Å². The number of carboxylic acids is 1. The van der Waals surface area contributed by atoms with Crippen LogP contribution in [-0.2, 0) is 11.2 Å². The molecule has 1 aliphatic heterocycles. The molecular formula is C26H25FN2O3. The van der Waals surface area contributed by atoms with Crippen molar-refractivity contribution in [3.8, 4) is 16.9 Å². The van der Waals surface area contributed by atoms with Gasteiger partial charge in [0.2, 0.25) is 0 Å². The van der Waals surface area contributed by atoms with Gasteiger partial charge in [0.1, 0.15) is 11.6 Å². The quantitative estimate of drug-likeness (QED) is 0.547. The van der Waals surface area contributed by atoms with Crippen molar-refractivity contribution in [1.82, 2.24) is 9.97 Å². The Morgan fingerprint density at radius 3 is 2.66 bits per heavy atom. The fraction of sp³-hybridized carbons (Fsp3) is 0.346. The van der Waals surface area contributed by atoms with Crippen molar-refractivity contribution in [2.24, 2.45) is 5.92 Å². The predicted molar refractivity (Wildman–Crippen MR) is 118 cm³/mol. The van der Waals surface area contributed by atoms with E-state index >= 15 is 0 Å². The lowest BCUT2D eigenvalue weighted by molar-refractivity contribution is -0.137. The molecule has 1 aromatic heterocycles. The molecule has 1 aliphatic carbocycles. The van der Waals surface area contributed by atoms with Crippen LogP contribution in [0.1, 0.15) is 60.2 Å². The number of carboxylic acid groups (broad SMARTS) is 1. The Kier molecular flexibility index (Phi) is 5.37. The van der Waals surface area contributed by atoms with Gasteiger partial charge in [-0.25, -0.2) is 14.4 Å². The molecule has 3 aromatic rings. The third kappa shape index (κ3) is 4.22. The van der Waals surface area contributed by atoms with Crippen LogP contribution < -0.4 is 4.74 Å². The summed E-state index contributed by atoms with van der Waals surface area (Å²) >= 11 is 0. The maximum Gasteiger partial charge on any atom is 0.303 e. The zero-order valence-corrected chi connectivity index (χ0v) is 17.9. The largest absolute Gasteiger partial charge is 0.482 e. The van der Waals surface area contributed by atoms with Crippen LogP contribution in [0, 0.1) is 18.7 Å². The van der Waals surface area contributed by atoms with Crippen molar-refractivity contribution in [2.75, 3.05) is 0 Å². The molecular weight excluding hydrogens is 407 g/mol. The number of aromatic nitrogens is 2. The summed E-state index contributed by atoms with van der Waals surface area (Å²) in [5, 5.41) is 9.32. The van der Waals surface area contributed by atoms with E-state index in [9.17, 15) is 14.3 Å². The minimum atomic E-state index is -0.767. The Balaban J connectivity index is 1.36. The molecule has 2 aliphatic rings. The molecule has 32 heavy (non-hydrogen) atoms. The van der Waals surface area contributed by atoms with Gasteiger partial charge < -0.3 is 9.84 Å². The lowest BCUT2D eigenvalue weighted by Gasteiger charge is -2.26. The molecule has 2 heterocycles. The van der Waals surface area contributed by atoms with E-state index in [1.54, 1.807) is 24.5 Å². The van der Waals surface area contributed by atoms with E-state index in [4.69, 9.17) is 4.74 Å². The fourth-order valence-electron chi connectivity index (χ4n) is 4.55. The first kappa shape index (κ1) is 20.6. The molecule has 1 saturated carbocycles. The lowest BCUT2D eigenvalue weighted by Crippen LogP contribution is -2.18. The van der Waals surface area contributed by atoms with Crippen LogP contribution in [0.25, 0.3) is 11.1 Å². The van der Waals surface area contributed by atoms with Gasteiger partial charge in [-0.1, -0.05) is 23.8 Å². The van der Waals surface area contributed by atoms with E-state index in [1.165, 1.54) is 6.07 Å². The molecule has 2 atom stereocenters. The van der Waals surface area contributed by atoms with Crippen LogP contribution in [0.2, 0.25) is 0 Å². The molecule has 0 saturated heterocycles.